The Balaban J connectivity index is 1.63. The summed E-state index contributed by atoms with van der Waals surface area (Å²) in [6, 6.07) is 7.87. The SMILES string of the molecule is Cc1ccccc1[C@H]1C[C@@H]1C(=O)N[C@H](C(=O)N1CCCC1)C(C)C. The zero-order chi connectivity index (χ0) is 17.3. The molecule has 1 aromatic rings. The van der Waals surface area contributed by atoms with Crippen LogP contribution in [0.25, 0.3) is 0 Å². The number of hydrogen-bond donors (Lipinski definition) is 1. The number of amides is 2. The van der Waals surface area contributed by atoms with E-state index in [4.69, 9.17) is 0 Å². The van der Waals surface area contributed by atoms with Crippen molar-refractivity contribution in [2.75, 3.05) is 13.1 Å². The van der Waals surface area contributed by atoms with E-state index in [0.29, 0.717) is 5.92 Å². The van der Waals surface area contributed by atoms with Crippen LogP contribution in [0.5, 0.6) is 0 Å². The van der Waals surface area contributed by atoms with Crippen LogP contribution in [-0.4, -0.2) is 35.8 Å². The number of nitrogens with zero attached hydrogens (tertiary/aromatic N) is 1. The van der Waals surface area contributed by atoms with Gasteiger partial charge in [-0.05, 0) is 49.1 Å². The summed E-state index contributed by atoms with van der Waals surface area (Å²) in [5.74, 6) is 0.552. The maximum absolute atomic E-state index is 12.7. The quantitative estimate of drug-likeness (QED) is 0.903. The molecule has 1 aliphatic heterocycles. The van der Waals surface area contributed by atoms with Gasteiger partial charge < -0.3 is 10.2 Å². The van der Waals surface area contributed by atoms with Gasteiger partial charge in [-0.25, -0.2) is 0 Å². The van der Waals surface area contributed by atoms with Gasteiger partial charge in [-0.1, -0.05) is 38.1 Å². The predicted molar refractivity (Wildman–Crippen MR) is 94.6 cm³/mol. The fraction of sp³-hybridized carbons (Fsp3) is 0.600. The van der Waals surface area contributed by atoms with Gasteiger partial charge in [0.2, 0.25) is 11.8 Å². The Bertz CT molecular complexity index is 620. The third kappa shape index (κ3) is 3.47. The summed E-state index contributed by atoms with van der Waals surface area (Å²) in [7, 11) is 0. The monoisotopic (exact) mass is 328 g/mol. The molecule has 2 aliphatic rings. The molecule has 0 radical (unpaired) electrons. The molecule has 4 heteroatoms. The maximum atomic E-state index is 12.7. The van der Waals surface area contributed by atoms with Crippen LogP contribution in [0.2, 0.25) is 0 Å². The first-order valence-corrected chi connectivity index (χ1v) is 9.13. The summed E-state index contributed by atoms with van der Waals surface area (Å²) < 4.78 is 0. The van der Waals surface area contributed by atoms with Crippen molar-refractivity contribution >= 4 is 11.8 Å². The molecule has 1 aliphatic carbocycles. The van der Waals surface area contributed by atoms with Gasteiger partial charge in [0, 0.05) is 19.0 Å². The van der Waals surface area contributed by atoms with E-state index in [1.807, 2.05) is 30.9 Å². The van der Waals surface area contributed by atoms with Crippen LogP contribution in [0.4, 0.5) is 0 Å². The molecule has 1 heterocycles. The smallest absolute Gasteiger partial charge is 0.245 e. The first-order chi connectivity index (χ1) is 11.5. The van der Waals surface area contributed by atoms with Gasteiger partial charge in [-0.15, -0.1) is 0 Å². The van der Waals surface area contributed by atoms with Crippen LogP contribution in [0.15, 0.2) is 24.3 Å². The lowest BCUT2D eigenvalue weighted by molar-refractivity contribution is -0.137. The summed E-state index contributed by atoms with van der Waals surface area (Å²) >= 11 is 0. The Labute approximate surface area is 144 Å². The topological polar surface area (TPSA) is 49.4 Å². The van der Waals surface area contributed by atoms with Crippen molar-refractivity contribution < 1.29 is 9.59 Å². The highest BCUT2D eigenvalue weighted by molar-refractivity contribution is 5.90. The Morgan fingerprint density at radius 3 is 2.46 bits per heavy atom. The average molecular weight is 328 g/mol. The van der Waals surface area contributed by atoms with Crippen LogP contribution < -0.4 is 5.32 Å². The molecule has 130 valence electrons. The molecular formula is C20H28N2O2. The van der Waals surface area contributed by atoms with Gasteiger partial charge in [0.1, 0.15) is 6.04 Å². The first-order valence-electron chi connectivity index (χ1n) is 9.13. The zero-order valence-corrected chi connectivity index (χ0v) is 14.9. The average Bonchev–Trinajstić information content (AvgIpc) is 3.15. The van der Waals surface area contributed by atoms with E-state index < -0.39 is 6.04 Å². The number of carbonyl (C=O) groups excluding carboxylic acids is 2. The second kappa shape index (κ2) is 6.96. The second-order valence-electron chi connectivity index (χ2n) is 7.57. The fourth-order valence-corrected chi connectivity index (χ4v) is 3.74. The molecule has 0 unspecified atom stereocenters. The first kappa shape index (κ1) is 17.0. The highest BCUT2D eigenvalue weighted by Gasteiger charge is 2.45. The van der Waals surface area contributed by atoms with Crippen molar-refractivity contribution in [3.63, 3.8) is 0 Å². The van der Waals surface area contributed by atoms with E-state index in [2.05, 4.69) is 24.4 Å². The molecule has 0 aromatic heterocycles. The van der Waals surface area contributed by atoms with Crippen LogP contribution in [0.1, 0.15) is 50.2 Å². The molecule has 1 aromatic carbocycles. The van der Waals surface area contributed by atoms with E-state index in [-0.39, 0.29) is 23.7 Å². The summed E-state index contributed by atoms with van der Waals surface area (Å²) in [6.45, 7) is 7.76. The van der Waals surface area contributed by atoms with E-state index in [9.17, 15) is 9.59 Å². The molecule has 1 saturated heterocycles. The normalized spacial score (nSPS) is 24.1. The van der Waals surface area contributed by atoms with Crippen molar-refractivity contribution in [3.05, 3.63) is 35.4 Å². The highest BCUT2D eigenvalue weighted by Crippen LogP contribution is 2.48. The Kier molecular flexibility index (Phi) is 4.93. The summed E-state index contributed by atoms with van der Waals surface area (Å²) in [6.07, 6.45) is 3.03. The summed E-state index contributed by atoms with van der Waals surface area (Å²) in [5, 5.41) is 3.04. The van der Waals surface area contributed by atoms with Crippen molar-refractivity contribution in [3.8, 4) is 0 Å². The van der Waals surface area contributed by atoms with Gasteiger partial charge in [0.25, 0.3) is 0 Å². The van der Waals surface area contributed by atoms with Gasteiger partial charge in [0.05, 0.1) is 0 Å². The molecule has 2 amide bonds. The van der Waals surface area contributed by atoms with Crippen LogP contribution in [0.3, 0.4) is 0 Å². The molecule has 4 nitrogen and oxygen atoms in total. The third-order valence-corrected chi connectivity index (χ3v) is 5.36. The Hall–Kier alpha value is -1.84. The minimum Gasteiger partial charge on any atom is -0.344 e. The maximum Gasteiger partial charge on any atom is 0.245 e. The number of likely N-dealkylation sites (tertiary alicyclic amines) is 1. The van der Waals surface area contributed by atoms with Gasteiger partial charge in [-0.2, -0.15) is 0 Å². The lowest BCUT2D eigenvalue weighted by atomic mass is 10.0. The Morgan fingerprint density at radius 2 is 1.83 bits per heavy atom. The lowest BCUT2D eigenvalue weighted by Gasteiger charge is -2.26. The van der Waals surface area contributed by atoms with Gasteiger partial charge in [-0.3, -0.25) is 9.59 Å². The Morgan fingerprint density at radius 1 is 1.17 bits per heavy atom. The number of aryl methyl sites for hydroxylation is 1. The van der Waals surface area contributed by atoms with Gasteiger partial charge >= 0.3 is 0 Å². The highest BCUT2D eigenvalue weighted by atomic mass is 16.2. The number of nitrogens with one attached hydrogen (secondary N) is 1. The van der Waals surface area contributed by atoms with E-state index in [1.54, 1.807) is 0 Å². The van der Waals surface area contributed by atoms with E-state index in [0.717, 1.165) is 32.4 Å². The molecule has 0 spiro atoms. The fourth-order valence-electron chi connectivity index (χ4n) is 3.74. The van der Waals surface area contributed by atoms with Crippen LogP contribution in [-0.2, 0) is 9.59 Å². The number of rotatable bonds is 5. The minimum absolute atomic E-state index is 0.0127. The molecule has 3 rings (SSSR count). The van der Waals surface area contributed by atoms with Crippen molar-refractivity contribution in [1.82, 2.24) is 10.2 Å². The molecule has 1 saturated carbocycles. The molecule has 3 atom stereocenters. The van der Waals surface area contributed by atoms with Crippen molar-refractivity contribution in [2.45, 2.75) is 52.0 Å². The molecular weight excluding hydrogens is 300 g/mol. The number of benzene rings is 1. The molecule has 24 heavy (non-hydrogen) atoms. The summed E-state index contributed by atoms with van der Waals surface area (Å²) in [4.78, 5) is 27.2. The molecule has 0 bridgehead atoms. The van der Waals surface area contributed by atoms with Gasteiger partial charge in [0.15, 0.2) is 0 Å². The predicted octanol–water partition coefficient (Wildman–Crippen LogP) is 2.86. The molecule has 1 N–H and O–H groups in total. The lowest BCUT2D eigenvalue weighted by Crippen LogP contribution is -2.51. The summed E-state index contributed by atoms with van der Waals surface area (Å²) in [5.41, 5.74) is 2.51. The third-order valence-electron chi connectivity index (χ3n) is 5.36. The van der Waals surface area contributed by atoms with Crippen LogP contribution in [0, 0.1) is 18.8 Å². The van der Waals surface area contributed by atoms with E-state index in [1.165, 1.54) is 11.1 Å². The van der Waals surface area contributed by atoms with E-state index >= 15 is 0 Å². The number of hydrogen-bond acceptors (Lipinski definition) is 2. The number of carbonyl (C=O) groups is 2. The minimum atomic E-state index is -0.395. The zero-order valence-electron chi connectivity index (χ0n) is 14.9. The van der Waals surface area contributed by atoms with Crippen molar-refractivity contribution in [2.24, 2.45) is 11.8 Å². The molecule has 2 fully saturated rings. The van der Waals surface area contributed by atoms with Crippen LogP contribution >= 0.6 is 0 Å². The largest absolute Gasteiger partial charge is 0.344 e. The van der Waals surface area contributed by atoms with Crippen molar-refractivity contribution in [1.29, 1.82) is 0 Å². The standard InChI is InChI=1S/C20H28N2O2/c1-13(2)18(20(24)22-10-6-7-11-22)21-19(23)17-12-16(17)15-9-5-4-8-14(15)3/h4-5,8-9,13,16-18H,6-7,10-12H2,1-3H3,(H,21,23)/t16-,17+,18+/m1/s1. The second-order valence-corrected chi connectivity index (χ2v) is 7.57.